The van der Waals surface area contributed by atoms with Crippen LogP contribution in [0.25, 0.3) is 6.08 Å². The standard InChI is InChI=1S/C27H26N2O4S/c1-2-12-24(27(31)29-34(32,33)20-19-21-13-6-3-7-14-21)26(30)28-25(22-15-8-4-9-16-22)23-17-10-5-11-18-23/h2-11,13-20,24-25H,1,12H2,(H,28,30)(H,29,31)/b20-19+. The number of sulfonamides is 1. The van der Waals surface area contributed by atoms with Gasteiger partial charge in [0.25, 0.3) is 10.0 Å². The Hall–Kier alpha value is -3.97. The summed E-state index contributed by atoms with van der Waals surface area (Å²) >= 11 is 0. The number of hydrogen-bond acceptors (Lipinski definition) is 4. The van der Waals surface area contributed by atoms with Gasteiger partial charge in [-0.2, -0.15) is 0 Å². The van der Waals surface area contributed by atoms with Crippen LogP contribution in [0.5, 0.6) is 0 Å². The highest BCUT2D eigenvalue weighted by atomic mass is 32.2. The van der Waals surface area contributed by atoms with Gasteiger partial charge >= 0.3 is 0 Å². The van der Waals surface area contributed by atoms with E-state index in [0.717, 1.165) is 16.5 Å². The van der Waals surface area contributed by atoms with Crippen molar-refractivity contribution in [3.63, 3.8) is 0 Å². The van der Waals surface area contributed by atoms with Gasteiger partial charge in [0.15, 0.2) is 0 Å². The summed E-state index contributed by atoms with van der Waals surface area (Å²) in [6.45, 7) is 3.61. The molecular weight excluding hydrogens is 448 g/mol. The average Bonchev–Trinajstić information content (AvgIpc) is 2.86. The third kappa shape index (κ3) is 7.02. The van der Waals surface area contributed by atoms with E-state index < -0.39 is 33.8 Å². The summed E-state index contributed by atoms with van der Waals surface area (Å²) in [6.07, 6.45) is 2.77. The van der Waals surface area contributed by atoms with Crippen molar-refractivity contribution in [2.24, 2.45) is 5.92 Å². The van der Waals surface area contributed by atoms with Crippen molar-refractivity contribution in [1.29, 1.82) is 0 Å². The molecule has 0 heterocycles. The third-order valence-electron chi connectivity index (χ3n) is 5.07. The fourth-order valence-electron chi connectivity index (χ4n) is 3.37. The lowest BCUT2D eigenvalue weighted by atomic mass is 9.96. The molecule has 2 N–H and O–H groups in total. The van der Waals surface area contributed by atoms with Gasteiger partial charge in [0.1, 0.15) is 5.92 Å². The molecule has 1 atom stereocenters. The molecule has 0 aliphatic rings. The normalized spacial score (nSPS) is 12.3. The summed E-state index contributed by atoms with van der Waals surface area (Å²) in [4.78, 5) is 26.0. The van der Waals surface area contributed by atoms with Crippen LogP contribution < -0.4 is 10.0 Å². The van der Waals surface area contributed by atoms with Gasteiger partial charge in [-0.15, -0.1) is 6.58 Å². The van der Waals surface area contributed by atoms with E-state index in [9.17, 15) is 18.0 Å². The number of benzene rings is 3. The molecule has 6 nitrogen and oxygen atoms in total. The largest absolute Gasteiger partial charge is 0.344 e. The summed E-state index contributed by atoms with van der Waals surface area (Å²) < 4.78 is 26.9. The molecule has 3 aromatic carbocycles. The SMILES string of the molecule is C=CCC(C(=O)NC(c1ccccc1)c1ccccc1)C(=O)NS(=O)(=O)/C=C/c1ccccc1. The molecule has 1 unspecified atom stereocenters. The second-order valence-corrected chi connectivity index (χ2v) is 9.13. The molecule has 0 spiro atoms. The van der Waals surface area contributed by atoms with Crippen molar-refractivity contribution >= 4 is 27.9 Å². The molecule has 3 rings (SSSR count). The molecular formula is C27H26N2O4S. The lowest BCUT2D eigenvalue weighted by Crippen LogP contribution is -2.44. The number of amides is 2. The molecule has 0 saturated heterocycles. The highest BCUT2D eigenvalue weighted by molar-refractivity contribution is 7.93. The van der Waals surface area contributed by atoms with Gasteiger partial charge < -0.3 is 5.32 Å². The van der Waals surface area contributed by atoms with Crippen LogP contribution in [0.1, 0.15) is 29.2 Å². The van der Waals surface area contributed by atoms with Crippen LogP contribution in [0.15, 0.2) is 109 Å². The average molecular weight is 475 g/mol. The molecule has 7 heteroatoms. The number of hydrogen-bond donors (Lipinski definition) is 2. The first-order valence-corrected chi connectivity index (χ1v) is 12.2. The Morgan fingerprint density at radius 3 is 1.79 bits per heavy atom. The number of carbonyl (C=O) groups excluding carboxylic acids is 2. The van der Waals surface area contributed by atoms with Crippen LogP contribution in [0.2, 0.25) is 0 Å². The smallest absolute Gasteiger partial charge is 0.257 e. The molecule has 174 valence electrons. The maximum atomic E-state index is 13.2. The molecule has 0 aliphatic heterocycles. The Bertz CT molecular complexity index is 1200. The lowest BCUT2D eigenvalue weighted by Gasteiger charge is -2.23. The van der Waals surface area contributed by atoms with E-state index >= 15 is 0 Å². The fraction of sp³-hybridized carbons (Fsp3) is 0.111. The van der Waals surface area contributed by atoms with Gasteiger partial charge in [-0.1, -0.05) is 97.1 Å². The molecule has 0 bridgehead atoms. The van der Waals surface area contributed by atoms with Gasteiger partial charge in [-0.25, -0.2) is 13.1 Å². The second kappa shape index (κ2) is 11.8. The summed E-state index contributed by atoms with van der Waals surface area (Å²) in [6, 6.07) is 27.0. The zero-order valence-corrected chi connectivity index (χ0v) is 19.3. The third-order valence-corrected chi connectivity index (χ3v) is 6.05. The van der Waals surface area contributed by atoms with Crippen LogP contribution in [-0.2, 0) is 19.6 Å². The Morgan fingerprint density at radius 1 is 0.794 bits per heavy atom. The molecule has 0 aromatic heterocycles. The van der Waals surface area contributed by atoms with Crippen molar-refractivity contribution in [2.75, 3.05) is 0 Å². The van der Waals surface area contributed by atoms with Gasteiger partial charge in [-0.3, -0.25) is 9.59 Å². The first-order chi connectivity index (χ1) is 16.4. The number of allylic oxidation sites excluding steroid dienone is 1. The van der Waals surface area contributed by atoms with E-state index in [1.807, 2.05) is 71.5 Å². The topological polar surface area (TPSA) is 92.3 Å². The van der Waals surface area contributed by atoms with Crippen LogP contribution in [0, 0.1) is 5.92 Å². The maximum Gasteiger partial charge on any atom is 0.257 e. The minimum absolute atomic E-state index is 0.0219. The van der Waals surface area contributed by atoms with Crippen molar-refractivity contribution in [2.45, 2.75) is 12.5 Å². The van der Waals surface area contributed by atoms with Crippen LogP contribution in [0.4, 0.5) is 0 Å². The molecule has 0 saturated carbocycles. The van der Waals surface area contributed by atoms with Crippen molar-refractivity contribution in [1.82, 2.24) is 10.0 Å². The van der Waals surface area contributed by atoms with E-state index in [4.69, 9.17) is 0 Å². The summed E-state index contributed by atoms with van der Waals surface area (Å²) in [5.74, 6) is -2.79. The van der Waals surface area contributed by atoms with Gasteiger partial charge in [0.2, 0.25) is 11.8 Å². The van der Waals surface area contributed by atoms with E-state index in [0.29, 0.717) is 5.56 Å². The molecule has 2 amide bonds. The van der Waals surface area contributed by atoms with Crippen LogP contribution in [0.3, 0.4) is 0 Å². The predicted octanol–water partition coefficient (Wildman–Crippen LogP) is 4.20. The van der Waals surface area contributed by atoms with Crippen molar-refractivity contribution in [3.8, 4) is 0 Å². The lowest BCUT2D eigenvalue weighted by molar-refractivity contribution is -0.134. The number of rotatable bonds is 10. The van der Waals surface area contributed by atoms with E-state index in [2.05, 4.69) is 11.9 Å². The van der Waals surface area contributed by atoms with Gasteiger partial charge in [0.05, 0.1) is 11.4 Å². The molecule has 34 heavy (non-hydrogen) atoms. The van der Waals surface area contributed by atoms with Crippen molar-refractivity contribution < 1.29 is 18.0 Å². The van der Waals surface area contributed by atoms with Crippen LogP contribution in [-0.4, -0.2) is 20.2 Å². The quantitative estimate of drug-likeness (QED) is 0.340. The Morgan fingerprint density at radius 2 is 1.29 bits per heavy atom. The monoisotopic (exact) mass is 474 g/mol. The first kappa shape index (κ1) is 24.7. The van der Waals surface area contributed by atoms with E-state index in [1.165, 1.54) is 12.2 Å². The fourth-order valence-corrected chi connectivity index (χ4v) is 4.20. The second-order valence-electron chi connectivity index (χ2n) is 7.56. The highest BCUT2D eigenvalue weighted by Gasteiger charge is 2.30. The summed E-state index contributed by atoms with van der Waals surface area (Å²) in [5.41, 5.74) is 2.32. The molecule has 0 radical (unpaired) electrons. The minimum Gasteiger partial charge on any atom is -0.344 e. The number of nitrogens with one attached hydrogen (secondary N) is 2. The summed E-state index contributed by atoms with van der Waals surface area (Å²) in [7, 11) is -4.10. The van der Waals surface area contributed by atoms with E-state index in [-0.39, 0.29) is 6.42 Å². The predicted molar refractivity (Wildman–Crippen MR) is 134 cm³/mol. The highest BCUT2D eigenvalue weighted by Crippen LogP contribution is 2.23. The molecule has 3 aromatic rings. The van der Waals surface area contributed by atoms with Gasteiger partial charge in [-0.05, 0) is 29.2 Å². The maximum absolute atomic E-state index is 13.2. The summed E-state index contributed by atoms with van der Waals surface area (Å²) in [5, 5.41) is 3.80. The zero-order valence-electron chi connectivity index (χ0n) is 18.5. The molecule has 0 fully saturated rings. The number of carbonyl (C=O) groups is 2. The van der Waals surface area contributed by atoms with Crippen molar-refractivity contribution in [3.05, 3.63) is 126 Å². The Balaban J connectivity index is 1.78. The first-order valence-electron chi connectivity index (χ1n) is 10.7. The van der Waals surface area contributed by atoms with E-state index in [1.54, 1.807) is 24.3 Å². The Labute approximate surface area is 200 Å². The zero-order chi connectivity index (χ0) is 24.4. The van der Waals surface area contributed by atoms with Gasteiger partial charge in [0, 0.05) is 0 Å². The molecule has 0 aliphatic carbocycles. The Kier molecular flexibility index (Phi) is 8.54. The minimum atomic E-state index is -4.10. The van der Waals surface area contributed by atoms with Crippen LogP contribution >= 0.6 is 0 Å².